The van der Waals surface area contributed by atoms with E-state index in [1.807, 2.05) is 4.90 Å². The lowest BCUT2D eigenvalue weighted by molar-refractivity contribution is -0.122. The van der Waals surface area contributed by atoms with Gasteiger partial charge in [-0.3, -0.25) is 4.79 Å². The van der Waals surface area contributed by atoms with Crippen LogP contribution in [0.2, 0.25) is 0 Å². The van der Waals surface area contributed by atoms with E-state index >= 15 is 0 Å². The smallest absolute Gasteiger partial charge is 0.317 e. The maximum Gasteiger partial charge on any atom is 0.317 e. The van der Waals surface area contributed by atoms with E-state index in [-0.39, 0.29) is 12.5 Å². The molecular weight excluding hydrogens is 344 g/mol. The van der Waals surface area contributed by atoms with Gasteiger partial charge in [0.1, 0.15) is 0 Å². The molecule has 0 unspecified atom stereocenters. The first-order valence-electron chi connectivity index (χ1n) is 9.66. The van der Waals surface area contributed by atoms with Crippen molar-refractivity contribution in [2.75, 3.05) is 31.5 Å². The summed E-state index contributed by atoms with van der Waals surface area (Å²) in [6, 6.07) is 9.02. The minimum atomic E-state index is -0.250. The van der Waals surface area contributed by atoms with Crippen LogP contribution in [0.25, 0.3) is 0 Å². The summed E-state index contributed by atoms with van der Waals surface area (Å²) >= 11 is 0. The largest absolute Gasteiger partial charge is 0.483 e. The van der Waals surface area contributed by atoms with Crippen LogP contribution in [0.5, 0.6) is 0 Å². The molecule has 7 nitrogen and oxygen atoms in total. The summed E-state index contributed by atoms with van der Waals surface area (Å²) in [4.78, 5) is 22.4. The van der Waals surface area contributed by atoms with E-state index in [2.05, 4.69) is 48.7 Å². The Balaban J connectivity index is 0.00000114. The van der Waals surface area contributed by atoms with Crippen LogP contribution in [-0.2, 0) is 11.2 Å². The fourth-order valence-electron chi connectivity index (χ4n) is 2.98. The number of nitrogens with two attached hydrogens (primary N) is 1. The number of nitrogens with one attached hydrogen (secondary N) is 2. The standard InChI is InChI=1S/C19H32N4O.CH2O2/c1-15(2)8-12-21-19(24)23-13-9-18(10-14-23)22-17-5-3-16(4-6-17)7-11-20;2-1-3/h3-6,15,18,22H,7-14,20H2,1-2H3,(H,21,24);1H,(H,2,3). The van der Waals surface area contributed by atoms with Crippen molar-refractivity contribution in [3.05, 3.63) is 29.8 Å². The fourth-order valence-corrected chi connectivity index (χ4v) is 2.98. The zero-order valence-corrected chi connectivity index (χ0v) is 16.5. The molecule has 0 aliphatic carbocycles. The van der Waals surface area contributed by atoms with E-state index in [1.165, 1.54) is 5.56 Å². The average Bonchev–Trinajstić information content (AvgIpc) is 2.64. The van der Waals surface area contributed by atoms with Gasteiger partial charge in [0, 0.05) is 31.4 Å². The number of likely N-dealkylation sites (tertiary alicyclic amines) is 1. The Bertz CT molecular complexity index is 541. The van der Waals surface area contributed by atoms with Crippen LogP contribution in [0.4, 0.5) is 10.5 Å². The highest BCUT2D eigenvalue weighted by Gasteiger charge is 2.22. The lowest BCUT2D eigenvalue weighted by atomic mass is 10.0. The summed E-state index contributed by atoms with van der Waals surface area (Å²) in [6.45, 7) is 7.18. The highest BCUT2D eigenvalue weighted by molar-refractivity contribution is 5.74. The van der Waals surface area contributed by atoms with Crippen molar-refractivity contribution in [1.82, 2.24) is 10.2 Å². The van der Waals surface area contributed by atoms with Gasteiger partial charge < -0.3 is 26.4 Å². The molecule has 152 valence electrons. The minimum Gasteiger partial charge on any atom is -0.483 e. The molecule has 2 rings (SSSR count). The Morgan fingerprint density at radius 2 is 1.89 bits per heavy atom. The maximum absolute atomic E-state index is 12.1. The number of amides is 2. The number of benzene rings is 1. The highest BCUT2D eigenvalue weighted by Crippen LogP contribution is 2.17. The zero-order chi connectivity index (χ0) is 20.1. The molecule has 0 spiro atoms. The van der Waals surface area contributed by atoms with Crippen molar-refractivity contribution in [2.24, 2.45) is 11.7 Å². The van der Waals surface area contributed by atoms with Gasteiger partial charge in [-0.1, -0.05) is 26.0 Å². The topological polar surface area (TPSA) is 108 Å². The zero-order valence-electron chi connectivity index (χ0n) is 16.5. The number of carbonyl (C=O) groups excluding carboxylic acids is 1. The quantitative estimate of drug-likeness (QED) is 0.545. The first kappa shape index (κ1) is 22.8. The van der Waals surface area contributed by atoms with Crippen LogP contribution in [0.1, 0.15) is 38.7 Å². The number of rotatable bonds is 7. The summed E-state index contributed by atoms with van der Waals surface area (Å²) in [5.74, 6) is 0.622. The molecule has 0 bridgehead atoms. The minimum absolute atomic E-state index is 0.0836. The van der Waals surface area contributed by atoms with Crippen LogP contribution < -0.4 is 16.4 Å². The van der Waals surface area contributed by atoms with Crippen molar-refractivity contribution in [2.45, 2.75) is 45.6 Å². The third kappa shape index (κ3) is 9.28. The Morgan fingerprint density at radius 3 is 2.41 bits per heavy atom. The number of anilines is 1. The molecule has 1 fully saturated rings. The van der Waals surface area contributed by atoms with E-state index in [0.717, 1.165) is 51.0 Å². The Hall–Kier alpha value is -2.28. The van der Waals surface area contributed by atoms with Crippen molar-refractivity contribution in [1.29, 1.82) is 0 Å². The van der Waals surface area contributed by atoms with Gasteiger partial charge in [-0.2, -0.15) is 0 Å². The van der Waals surface area contributed by atoms with Crippen LogP contribution in [0.15, 0.2) is 24.3 Å². The SMILES string of the molecule is CC(C)CCNC(=O)N1CCC(Nc2ccc(CCN)cc2)CC1.O=CO. The number of piperidine rings is 1. The van der Waals surface area contributed by atoms with E-state index in [9.17, 15) is 4.79 Å². The van der Waals surface area contributed by atoms with Crippen molar-refractivity contribution < 1.29 is 14.7 Å². The van der Waals surface area contributed by atoms with Crippen LogP contribution in [-0.4, -0.2) is 54.7 Å². The second-order valence-corrected chi connectivity index (χ2v) is 7.16. The molecule has 1 aromatic carbocycles. The second kappa shape index (κ2) is 13.0. The molecule has 1 saturated heterocycles. The van der Waals surface area contributed by atoms with Crippen molar-refractivity contribution in [3.8, 4) is 0 Å². The number of nitrogens with zero attached hydrogens (tertiary/aromatic N) is 1. The third-order valence-electron chi connectivity index (χ3n) is 4.54. The first-order chi connectivity index (χ1) is 13.0. The molecule has 1 aromatic rings. The number of hydrogen-bond donors (Lipinski definition) is 4. The third-order valence-corrected chi connectivity index (χ3v) is 4.54. The molecule has 1 aliphatic rings. The fraction of sp³-hybridized carbons (Fsp3) is 0.600. The molecule has 0 atom stereocenters. The van der Waals surface area contributed by atoms with Gasteiger partial charge in [-0.25, -0.2) is 4.79 Å². The molecule has 0 aromatic heterocycles. The summed E-state index contributed by atoms with van der Waals surface area (Å²) in [5, 5.41) is 13.5. The molecule has 5 N–H and O–H groups in total. The summed E-state index contributed by atoms with van der Waals surface area (Å²) in [6.07, 6.45) is 3.93. The monoisotopic (exact) mass is 378 g/mol. The van der Waals surface area contributed by atoms with Gasteiger partial charge in [0.15, 0.2) is 0 Å². The van der Waals surface area contributed by atoms with Gasteiger partial charge in [-0.15, -0.1) is 0 Å². The molecule has 1 heterocycles. The molecule has 0 saturated carbocycles. The van der Waals surface area contributed by atoms with E-state index in [0.29, 0.717) is 18.5 Å². The van der Waals surface area contributed by atoms with Crippen molar-refractivity contribution >= 4 is 18.2 Å². The number of urea groups is 1. The van der Waals surface area contributed by atoms with E-state index in [4.69, 9.17) is 15.6 Å². The van der Waals surface area contributed by atoms with Gasteiger partial charge in [-0.05, 0) is 55.8 Å². The number of hydrogen-bond acceptors (Lipinski definition) is 4. The lowest BCUT2D eigenvalue weighted by Gasteiger charge is -2.33. The van der Waals surface area contributed by atoms with Crippen LogP contribution in [0.3, 0.4) is 0 Å². The van der Waals surface area contributed by atoms with E-state index in [1.54, 1.807) is 0 Å². The Morgan fingerprint density at radius 1 is 1.30 bits per heavy atom. The van der Waals surface area contributed by atoms with Gasteiger partial charge in [0.05, 0.1) is 0 Å². The highest BCUT2D eigenvalue weighted by atomic mass is 16.3. The Labute approximate surface area is 162 Å². The molecule has 1 aliphatic heterocycles. The normalized spacial score (nSPS) is 14.3. The first-order valence-corrected chi connectivity index (χ1v) is 9.66. The van der Waals surface area contributed by atoms with Gasteiger partial charge in [0.25, 0.3) is 6.47 Å². The summed E-state index contributed by atoms with van der Waals surface area (Å²) in [5.41, 5.74) is 8.00. The van der Waals surface area contributed by atoms with Gasteiger partial charge >= 0.3 is 6.03 Å². The lowest BCUT2D eigenvalue weighted by Crippen LogP contribution is -2.47. The number of carbonyl (C=O) groups is 2. The number of carboxylic acid groups (broad SMARTS) is 1. The van der Waals surface area contributed by atoms with E-state index < -0.39 is 0 Å². The molecular formula is C20H34N4O3. The van der Waals surface area contributed by atoms with Crippen molar-refractivity contribution in [3.63, 3.8) is 0 Å². The molecule has 7 heteroatoms. The Kier molecular flexibility index (Phi) is 10.9. The van der Waals surface area contributed by atoms with Crippen LogP contribution in [0, 0.1) is 5.92 Å². The summed E-state index contributed by atoms with van der Waals surface area (Å²) in [7, 11) is 0. The molecule has 2 amide bonds. The van der Waals surface area contributed by atoms with Gasteiger partial charge in [0.2, 0.25) is 0 Å². The maximum atomic E-state index is 12.1. The second-order valence-electron chi connectivity index (χ2n) is 7.16. The predicted octanol–water partition coefficient (Wildman–Crippen LogP) is 2.52. The predicted molar refractivity (Wildman–Crippen MR) is 109 cm³/mol. The molecule has 0 radical (unpaired) electrons. The van der Waals surface area contributed by atoms with Crippen LogP contribution >= 0.6 is 0 Å². The summed E-state index contributed by atoms with van der Waals surface area (Å²) < 4.78 is 0. The average molecular weight is 379 g/mol. The molecule has 27 heavy (non-hydrogen) atoms.